The molecule has 0 aliphatic heterocycles. The first-order chi connectivity index (χ1) is 8.40. The monoisotopic (exact) mass is 228 g/mol. The average Bonchev–Trinajstić information content (AvgIpc) is 2.89. The van der Waals surface area contributed by atoms with Crippen LogP contribution >= 0.6 is 0 Å². The molecule has 0 spiro atoms. The Morgan fingerprint density at radius 2 is 2.18 bits per heavy atom. The first kappa shape index (κ1) is 11.7. The van der Waals surface area contributed by atoms with Gasteiger partial charge < -0.3 is 9.15 Å². The SMILES string of the molecule is CCOC/C=C/c1cccc(-c2ccco2)c1. The Labute approximate surface area is 102 Å². The summed E-state index contributed by atoms with van der Waals surface area (Å²) in [7, 11) is 0. The van der Waals surface area contributed by atoms with Gasteiger partial charge in [-0.3, -0.25) is 0 Å². The molecule has 0 saturated carbocycles. The molecule has 0 saturated heterocycles. The van der Waals surface area contributed by atoms with E-state index in [2.05, 4.69) is 18.2 Å². The van der Waals surface area contributed by atoms with Crippen LogP contribution in [0.15, 0.2) is 53.2 Å². The Bertz CT molecular complexity index is 469. The van der Waals surface area contributed by atoms with Crippen LogP contribution < -0.4 is 0 Å². The summed E-state index contributed by atoms with van der Waals surface area (Å²) in [6.45, 7) is 3.39. The second-order valence-electron chi connectivity index (χ2n) is 3.66. The Hall–Kier alpha value is -1.80. The molecule has 1 heterocycles. The van der Waals surface area contributed by atoms with Crippen LogP contribution in [0.4, 0.5) is 0 Å². The zero-order chi connectivity index (χ0) is 11.9. The van der Waals surface area contributed by atoms with E-state index in [4.69, 9.17) is 9.15 Å². The maximum absolute atomic E-state index is 5.37. The van der Waals surface area contributed by atoms with Gasteiger partial charge in [0.25, 0.3) is 0 Å². The molecule has 17 heavy (non-hydrogen) atoms. The summed E-state index contributed by atoms with van der Waals surface area (Å²) in [5.41, 5.74) is 2.24. The molecule has 0 aliphatic carbocycles. The minimum Gasteiger partial charge on any atom is -0.464 e. The van der Waals surface area contributed by atoms with Crippen molar-refractivity contribution in [3.05, 3.63) is 54.3 Å². The summed E-state index contributed by atoms with van der Waals surface area (Å²) in [5.74, 6) is 0.894. The molecule has 1 aromatic heterocycles. The molecule has 0 radical (unpaired) electrons. The highest BCUT2D eigenvalue weighted by Gasteiger charge is 1.99. The molecule has 2 aromatic rings. The second kappa shape index (κ2) is 6.06. The van der Waals surface area contributed by atoms with Crippen molar-refractivity contribution in [1.82, 2.24) is 0 Å². The van der Waals surface area contributed by atoms with Crippen molar-refractivity contribution in [2.75, 3.05) is 13.2 Å². The van der Waals surface area contributed by atoms with Gasteiger partial charge in [0.15, 0.2) is 0 Å². The van der Waals surface area contributed by atoms with Gasteiger partial charge in [0.2, 0.25) is 0 Å². The molecule has 2 heteroatoms. The lowest BCUT2D eigenvalue weighted by Gasteiger charge is -1.99. The molecule has 88 valence electrons. The van der Waals surface area contributed by atoms with Crippen molar-refractivity contribution < 1.29 is 9.15 Å². The lowest BCUT2D eigenvalue weighted by atomic mass is 10.1. The fourth-order valence-corrected chi connectivity index (χ4v) is 1.61. The summed E-state index contributed by atoms with van der Waals surface area (Å²) < 4.78 is 10.6. The van der Waals surface area contributed by atoms with Crippen LogP contribution in [0, 0.1) is 0 Å². The number of rotatable bonds is 5. The predicted molar refractivity (Wildman–Crippen MR) is 69.7 cm³/mol. The van der Waals surface area contributed by atoms with Crippen LogP contribution in [-0.2, 0) is 4.74 Å². The molecular weight excluding hydrogens is 212 g/mol. The average molecular weight is 228 g/mol. The van der Waals surface area contributed by atoms with E-state index in [9.17, 15) is 0 Å². The van der Waals surface area contributed by atoms with E-state index >= 15 is 0 Å². The fraction of sp³-hybridized carbons (Fsp3) is 0.200. The lowest BCUT2D eigenvalue weighted by molar-refractivity contribution is 0.178. The standard InChI is InChI=1S/C15H16O2/c1-2-16-10-4-7-13-6-3-8-14(12-13)15-9-5-11-17-15/h3-9,11-12H,2,10H2,1H3/b7-4+. The van der Waals surface area contributed by atoms with Crippen LogP contribution in [-0.4, -0.2) is 13.2 Å². The quantitative estimate of drug-likeness (QED) is 0.722. The molecule has 1 aromatic carbocycles. The van der Waals surface area contributed by atoms with Crippen molar-refractivity contribution in [3.63, 3.8) is 0 Å². The molecule has 2 rings (SSSR count). The zero-order valence-electron chi connectivity index (χ0n) is 9.93. The molecule has 0 aliphatic rings. The molecular formula is C15H16O2. The molecule has 0 unspecified atom stereocenters. The highest BCUT2D eigenvalue weighted by Crippen LogP contribution is 2.21. The summed E-state index contributed by atoms with van der Waals surface area (Å²) in [4.78, 5) is 0. The van der Waals surface area contributed by atoms with Crippen molar-refractivity contribution >= 4 is 6.08 Å². The number of ether oxygens (including phenoxy) is 1. The van der Waals surface area contributed by atoms with E-state index in [1.807, 2.05) is 37.3 Å². The molecule has 2 nitrogen and oxygen atoms in total. The van der Waals surface area contributed by atoms with Gasteiger partial charge in [0, 0.05) is 12.2 Å². The van der Waals surface area contributed by atoms with E-state index in [0.29, 0.717) is 6.61 Å². The molecule has 0 fully saturated rings. The Morgan fingerprint density at radius 3 is 2.94 bits per heavy atom. The van der Waals surface area contributed by atoms with Gasteiger partial charge in [-0.05, 0) is 30.7 Å². The third kappa shape index (κ3) is 3.33. The van der Waals surface area contributed by atoms with E-state index in [0.717, 1.165) is 23.5 Å². The third-order valence-electron chi connectivity index (χ3n) is 2.42. The number of furan rings is 1. The van der Waals surface area contributed by atoms with Gasteiger partial charge >= 0.3 is 0 Å². The van der Waals surface area contributed by atoms with Crippen molar-refractivity contribution in [3.8, 4) is 11.3 Å². The van der Waals surface area contributed by atoms with Gasteiger partial charge in [0.05, 0.1) is 12.9 Å². The Balaban J connectivity index is 2.09. The summed E-state index contributed by atoms with van der Waals surface area (Å²) >= 11 is 0. The van der Waals surface area contributed by atoms with Crippen LogP contribution in [0.25, 0.3) is 17.4 Å². The minimum absolute atomic E-state index is 0.654. The maximum Gasteiger partial charge on any atom is 0.133 e. The minimum atomic E-state index is 0.654. The Morgan fingerprint density at radius 1 is 1.24 bits per heavy atom. The van der Waals surface area contributed by atoms with Crippen LogP contribution in [0.1, 0.15) is 12.5 Å². The number of hydrogen-bond acceptors (Lipinski definition) is 2. The van der Waals surface area contributed by atoms with E-state index in [1.165, 1.54) is 0 Å². The van der Waals surface area contributed by atoms with E-state index in [1.54, 1.807) is 6.26 Å². The first-order valence-electron chi connectivity index (χ1n) is 5.78. The highest BCUT2D eigenvalue weighted by atomic mass is 16.5. The van der Waals surface area contributed by atoms with Gasteiger partial charge in [-0.1, -0.05) is 30.4 Å². The van der Waals surface area contributed by atoms with Crippen LogP contribution in [0.2, 0.25) is 0 Å². The van der Waals surface area contributed by atoms with Crippen molar-refractivity contribution in [2.24, 2.45) is 0 Å². The molecule has 0 amide bonds. The van der Waals surface area contributed by atoms with Crippen molar-refractivity contribution in [2.45, 2.75) is 6.92 Å². The van der Waals surface area contributed by atoms with E-state index in [-0.39, 0.29) is 0 Å². The maximum atomic E-state index is 5.37. The van der Waals surface area contributed by atoms with Crippen LogP contribution in [0.5, 0.6) is 0 Å². The van der Waals surface area contributed by atoms with Gasteiger partial charge in [0.1, 0.15) is 5.76 Å². The zero-order valence-corrected chi connectivity index (χ0v) is 9.93. The second-order valence-corrected chi connectivity index (χ2v) is 3.66. The molecule has 0 N–H and O–H groups in total. The first-order valence-corrected chi connectivity index (χ1v) is 5.78. The topological polar surface area (TPSA) is 22.4 Å². The third-order valence-corrected chi connectivity index (χ3v) is 2.42. The van der Waals surface area contributed by atoms with Gasteiger partial charge in [-0.25, -0.2) is 0 Å². The van der Waals surface area contributed by atoms with E-state index < -0.39 is 0 Å². The number of benzene rings is 1. The fourth-order valence-electron chi connectivity index (χ4n) is 1.61. The summed E-state index contributed by atoms with van der Waals surface area (Å²) in [6.07, 6.45) is 5.76. The largest absolute Gasteiger partial charge is 0.464 e. The summed E-state index contributed by atoms with van der Waals surface area (Å²) in [5, 5.41) is 0. The van der Waals surface area contributed by atoms with Crippen molar-refractivity contribution in [1.29, 1.82) is 0 Å². The highest BCUT2D eigenvalue weighted by molar-refractivity contribution is 5.63. The molecule has 0 bridgehead atoms. The smallest absolute Gasteiger partial charge is 0.133 e. The van der Waals surface area contributed by atoms with Gasteiger partial charge in [-0.15, -0.1) is 0 Å². The van der Waals surface area contributed by atoms with Gasteiger partial charge in [-0.2, -0.15) is 0 Å². The van der Waals surface area contributed by atoms with Crippen LogP contribution in [0.3, 0.4) is 0 Å². The lowest BCUT2D eigenvalue weighted by Crippen LogP contribution is -1.87. The predicted octanol–water partition coefficient (Wildman–Crippen LogP) is 4.00. The number of hydrogen-bond donors (Lipinski definition) is 0. The Kier molecular flexibility index (Phi) is 4.17. The molecule has 0 atom stereocenters. The summed E-state index contributed by atoms with van der Waals surface area (Å²) in [6, 6.07) is 12.1. The normalized spacial score (nSPS) is 11.1.